The van der Waals surface area contributed by atoms with Crippen LogP contribution in [0, 0.1) is 5.92 Å². The van der Waals surface area contributed by atoms with E-state index in [1.165, 1.54) is 5.75 Å². The minimum atomic E-state index is 0.713. The summed E-state index contributed by atoms with van der Waals surface area (Å²) >= 11 is 2.08. The third-order valence-corrected chi connectivity index (χ3v) is 4.48. The Kier molecular flexibility index (Phi) is 6.73. The molecule has 1 atom stereocenters. The largest absolute Gasteiger partial charge is 0.383 e. The Morgan fingerprint density at radius 1 is 1.59 bits per heavy atom. The average molecular weight is 259 g/mol. The SMILES string of the molecule is CN=C(NCCOC)N1CCSC(C(C)C)C1. The molecular weight excluding hydrogens is 234 g/mol. The average Bonchev–Trinajstić information content (AvgIpc) is 2.35. The normalized spacial score (nSPS) is 22.1. The number of nitrogens with zero attached hydrogens (tertiary/aromatic N) is 2. The first-order valence-corrected chi connectivity index (χ1v) is 7.30. The van der Waals surface area contributed by atoms with E-state index in [9.17, 15) is 0 Å². The van der Waals surface area contributed by atoms with E-state index in [0.717, 1.165) is 38.1 Å². The lowest BCUT2D eigenvalue weighted by atomic mass is 10.1. The Hall–Kier alpha value is -0.420. The molecule has 1 saturated heterocycles. The number of hydrogen-bond donors (Lipinski definition) is 1. The molecule has 1 aliphatic heterocycles. The summed E-state index contributed by atoms with van der Waals surface area (Å²) < 4.78 is 5.04. The number of aliphatic imine (C=N–C) groups is 1. The molecule has 0 aromatic rings. The molecular formula is C12H25N3OS. The first kappa shape index (κ1) is 14.6. The zero-order chi connectivity index (χ0) is 12.7. The molecule has 1 aliphatic rings. The number of rotatable bonds is 4. The molecule has 1 rings (SSSR count). The minimum Gasteiger partial charge on any atom is -0.383 e. The Labute approximate surface area is 109 Å². The van der Waals surface area contributed by atoms with Crippen molar-refractivity contribution < 1.29 is 4.74 Å². The van der Waals surface area contributed by atoms with E-state index < -0.39 is 0 Å². The molecule has 1 unspecified atom stereocenters. The molecule has 1 N–H and O–H groups in total. The van der Waals surface area contributed by atoms with Gasteiger partial charge in [0.2, 0.25) is 0 Å². The summed E-state index contributed by atoms with van der Waals surface area (Å²) in [5, 5.41) is 4.05. The molecule has 0 spiro atoms. The topological polar surface area (TPSA) is 36.9 Å². The fourth-order valence-corrected chi connectivity index (χ4v) is 3.17. The van der Waals surface area contributed by atoms with Crippen molar-refractivity contribution in [3.8, 4) is 0 Å². The second kappa shape index (κ2) is 7.82. The van der Waals surface area contributed by atoms with Crippen molar-refractivity contribution in [1.82, 2.24) is 10.2 Å². The van der Waals surface area contributed by atoms with Gasteiger partial charge in [-0.15, -0.1) is 0 Å². The van der Waals surface area contributed by atoms with Crippen LogP contribution in [0.25, 0.3) is 0 Å². The standard InChI is InChI=1S/C12H25N3OS/c1-10(2)11-9-15(6-8-17-11)12(13-3)14-5-7-16-4/h10-11H,5-9H2,1-4H3,(H,13,14). The number of thioether (sulfide) groups is 1. The summed E-state index contributed by atoms with van der Waals surface area (Å²) in [6, 6.07) is 0. The number of methoxy groups -OCH3 is 1. The maximum absolute atomic E-state index is 5.04. The van der Waals surface area contributed by atoms with Gasteiger partial charge in [0.15, 0.2) is 5.96 Å². The highest BCUT2D eigenvalue weighted by molar-refractivity contribution is 8.00. The molecule has 17 heavy (non-hydrogen) atoms. The third kappa shape index (κ3) is 4.76. The van der Waals surface area contributed by atoms with Crippen LogP contribution in [0.1, 0.15) is 13.8 Å². The molecule has 0 bridgehead atoms. The van der Waals surface area contributed by atoms with E-state index in [1.54, 1.807) is 7.11 Å². The van der Waals surface area contributed by atoms with Crippen LogP contribution < -0.4 is 5.32 Å². The number of nitrogens with one attached hydrogen (secondary N) is 1. The summed E-state index contributed by atoms with van der Waals surface area (Å²) in [5.74, 6) is 2.92. The second-order valence-electron chi connectivity index (χ2n) is 4.57. The Balaban J connectivity index is 2.45. The highest BCUT2D eigenvalue weighted by Crippen LogP contribution is 2.24. The lowest BCUT2D eigenvalue weighted by molar-refractivity contribution is 0.202. The summed E-state index contributed by atoms with van der Waals surface area (Å²) in [5.41, 5.74) is 0. The highest BCUT2D eigenvalue weighted by Gasteiger charge is 2.24. The number of hydrogen-bond acceptors (Lipinski definition) is 3. The molecule has 0 saturated carbocycles. The van der Waals surface area contributed by atoms with E-state index >= 15 is 0 Å². The monoisotopic (exact) mass is 259 g/mol. The van der Waals surface area contributed by atoms with Crippen molar-refractivity contribution in [2.45, 2.75) is 19.1 Å². The van der Waals surface area contributed by atoms with E-state index in [1.807, 2.05) is 7.05 Å². The van der Waals surface area contributed by atoms with Gasteiger partial charge in [-0.25, -0.2) is 0 Å². The summed E-state index contributed by atoms with van der Waals surface area (Å²) in [6.07, 6.45) is 0. The van der Waals surface area contributed by atoms with Crippen molar-refractivity contribution in [2.24, 2.45) is 10.9 Å². The Morgan fingerprint density at radius 2 is 2.35 bits per heavy atom. The lowest BCUT2D eigenvalue weighted by Gasteiger charge is -2.36. The van der Waals surface area contributed by atoms with Crippen molar-refractivity contribution in [3.63, 3.8) is 0 Å². The first-order valence-electron chi connectivity index (χ1n) is 6.25. The smallest absolute Gasteiger partial charge is 0.193 e. The molecule has 0 aromatic carbocycles. The van der Waals surface area contributed by atoms with Crippen molar-refractivity contribution in [2.75, 3.05) is 46.2 Å². The van der Waals surface area contributed by atoms with Crippen LogP contribution in [0.5, 0.6) is 0 Å². The van der Waals surface area contributed by atoms with Crippen LogP contribution in [0.4, 0.5) is 0 Å². The maximum atomic E-state index is 5.04. The predicted octanol–water partition coefficient (Wildman–Crippen LogP) is 1.28. The number of ether oxygens (including phenoxy) is 1. The molecule has 4 nitrogen and oxygen atoms in total. The van der Waals surface area contributed by atoms with Crippen LogP contribution in [-0.4, -0.2) is 62.3 Å². The van der Waals surface area contributed by atoms with Crippen LogP contribution in [-0.2, 0) is 4.74 Å². The number of guanidine groups is 1. The molecule has 100 valence electrons. The van der Waals surface area contributed by atoms with Gasteiger partial charge in [-0.1, -0.05) is 13.8 Å². The van der Waals surface area contributed by atoms with Gasteiger partial charge >= 0.3 is 0 Å². The maximum Gasteiger partial charge on any atom is 0.193 e. The van der Waals surface area contributed by atoms with Gasteiger partial charge in [0.25, 0.3) is 0 Å². The van der Waals surface area contributed by atoms with Gasteiger partial charge in [-0.3, -0.25) is 4.99 Å². The molecule has 0 radical (unpaired) electrons. The van der Waals surface area contributed by atoms with Crippen molar-refractivity contribution in [1.29, 1.82) is 0 Å². The van der Waals surface area contributed by atoms with E-state index in [0.29, 0.717) is 5.25 Å². The predicted molar refractivity (Wildman–Crippen MR) is 75.9 cm³/mol. The molecule has 1 heterocycles. The van der Waals surface area contributed by atoms with Gasteiger partial charge in [-0.05, 0) is 5.92 Å². The lowest BCUT2D eigenvalue weighted by Crippen LogP contribution is -2.49. The van der Waals surface area contributed by atoms with Gasteiger partial charge in [-0.2, -0.15) is 11.8 Å². The highest BCUT2D eigenvalue weighted by atomic mass is 32.2. The van der Waals surface area contributed by atoms with Crippen LogP contribution in [0.15, 0.2) is 4.99 Å². The fraction of sp³-hybridized carbons (Fsp3) is 0.917. The van der Waals surface area contributed by atoms with Crippen molar-refractivity contribution >= 4 is 17.7 Å². The van der Waals surface area contributed by atoms with E-state index in [4.69, 9.17) is 4.74 Å². The summed E-state index contributed by atoms with van der Waals surface area (Å²) in [7, 11) is 3.57. The fourth-order valence-electron chi connectivity index (χ4n) is 1.87. The molecule has 0 aliphatic carbocycles. The van der Waals surface area contributed by atoms with Gasteiger partial charge in [0.1, 0.15) is 0 Å². The van der Waals surface area contributed by atoms with Gasteiger partial charge in [0.05, 0.1) is 6.61 Å². The minimum absolute atomic E-state index is 0.713. The van der Waals surface area contributed by atoms with E-state index in [2.05, 4.69) is 40.8 Å². The summed E-state index contributed by atoms with van der Waals surface area (Å²) in [4.78, 5) is 6.70. The van der Waals surface area contributed by atoms with Crippen molar-refractivity contribution in [3.05, 3.63) is 0 Å². The van der Waals surface area contributed by atoms with Crippen LogP contribution in [0.3, 0.4) is 0 Å². The molecule has 1 fully saturated rings. The first-order chi connectivity index (χ1) is 8.19. The zero-order valence-electron chi connectivity index (χ0n) is 11.4. The molecule has 5 heteroatoms. The van der Waals surface area contributed by atoms with Gasteiger partial charge < -0.3 is 15.0 Å². The van der Waals surface area contributed by atoms with Crippen LogP contribution in [0.2, 0.25) is 0 Å². The zero-order valence-corrected chi connectivity index (χ0v) is 12.2. The van der Waals surface area contributed by atoms with E-state index in [-0.39, 0.29) is 0 Å². The quantitative estimate of drug-likeness (QED) is 0.469. The molecule has 0 aromatic heterocycles. The Morgan fingerprint density at radius 3 is 2.94 bits per heavy atom. The van der Waals surface area contributed by atoms with Crippen LogP contribution >= 0.6 is 11.8 Å². The third-order valence-electron chi connectivity index (χ3n) is 2.94. The molecule has 0 amide bonds. The Bertz CT molecular complexity index is 246. The van der Waals surface area contributed by atoms with Gasteiger partial charge in [0, 0.05) is 44.8 Å². The summed E-state index contributed by atoms with van der Waals surface area (Å²) in [6.45, 7) is 8.30. The second-order valence-corrected chi connectivity index (χ2v) is 5.91.